The molecule has 2 saturated heterocycles. The Morgan fingerprint density at radius 1 is 1.10 bits per heavy atom. The summed E-state index contributed by atoms with van der Waals surface area (Å²) in [4.78, 5) is 17.2. The number of likely N-dealkylation sites (tertiary alicyclic amines) is 2. The number of piperidine rings is 2. The highest BCUT2D eigenvalue weighted by Crippen LogP contribution is 2.26. The molecule has 2 aromatic rings. The van der Waals surface area contributed by atoms with Crippen LogP contribution in [-0.2, 0) is 0 Å². The molecular weight excluding hydrogens is 373 g/mol. The minimum Gasteiger partial charge on any atom is -0.487 e. The standard InChI is InChI=1S/C22H28FN3O3/c1-15-21(16(2)29-24-15)22(27)26-11-7-17(8-12-26)25-13-9-18(10-14-25)28-20-6-4-3-5-19(20)23/h3-6,17-18H,7-14H2,1-2H3. The normalized spacial score (nSPS) is 19.5. The lowest BCUT2D eigenvalue weighted by molar-refractivity contribution is 0.0415. The van der Waals surface area contributed by atoms with Crippen LogP contribution in [0.3, 0.4) is 0 Å². The number of amides is 1. The summed E-state index contributed by atoms with van der Waals surface area (Å²) in [7, 11) is 0. The van der Waals surface area contributed by atoms with Crippen LogP contribution in [0, 0.1) is 19.7 Å². The SMILES string of the molecule is Cc1noc(C)c1C(=O)N1CCC(N2CCC(Oc3ccccc3F)CC2)CC1. The van der Waals surface area contributed by atoms with Crippen LogP contribution in [0.5, 0.6) is 5.75 Å². The fourth-order valence-corrected chi connectivity index (χ4v) is 4.46. The first-order chi connectivity index (χ1) is 14.0. The highest BCUT2D eigenvalue weighted by atomic mass is 19.1. The van der Waals surface area contributed by atoms with Gasteiger partial charge in [-0.1, -0.05) is 17.3 Å². The second-order valence-electron chi connectivity index (χ2n) is 8.01. The van der Waals surface area contributed by atoms with Gasteiger partial charge in [-0.3, -0.25) is 9.69 Å². The third kappa shape index (κ3) is 4.29. The summed E-state index contributed by atoms with van der Waals surface area (Å²) in [5.41, 5.74) is 1.26. The molecule has 0 spiro atoms. The molecule has 0 unspecified atom stereocenters. The zero-order valence-corrected chi connectivity index (χ0v) is 17.1. The molecule has 7 heteroatoms. The van der Waals surface area contributed by atoms with Gasteiger partial charge < -0.3 is 14.2 Å². The molecule has 1 aromatic heterocycles. The number of aromatic nitrogens is 1. The van der Waals surface area contributed by atoms with Gasteiger partial charge in [0, 0.05) is 32.2 Å². The van der Waals surface area contributed by atoms with Crippen molar-refractivity contribution < 1.29 is 18.4 Å². The Labute approximate surface area is 170 Å². The summed E-state index contributed by atoms with van der Waals surface area (Å²) in [5.74, 6) is 0.658. The number of halogens is 1. The van der Waals surface area contributed by atoms with Crippen LogP contribution in [0.4, 0.5) is 4.39 Å². The third-order valence-corrected chi connectivity index (χ3v) is 6.12. The topological polar surface area (TPSA) is 58.8 Å². The smallest absolute Gasteiger partial charge is 0.259 e. The Morgan fingerprint density at radius 2 is 1.79 bits per heavy atom. The van der Waals surface area contributed by atoms with Gasteiger partial charge in [0.1, 0.15) is 17.4 Å². The lowest BCUT2D eigenvalue weighted by Gasteiger charge is -2.41. The summed E-state index contributed by atoms with van der Waals surface area (Å²) in [5, 5.41) is 3.90. The summed E-state index contributed by atoms with van der Waals surface area (Å²) in [6.45, 7) is 6.99. The lowest BCUT2D eigenvalue weighted by atomic mass is 9.98. The highest BCUT2D eigenvalue weighted by molar-refractivity contribution is 5.96. The zero-order chi connectivity index (χ0) is 20.4. The molecular formula is C22H28FN3O3. The van der Waals surface area contributed by atoms with E-state index in [2.05, 4.69) is 10.1 Å². The van der Waals surface area contributed by atoms with E-state index in [1.54, 1.807) is 25.1 Å². The quantitative estimate of drug-likeness (QED) is 0.784. The number of benzene rings is 1. The second kappa shape index (κ2) is 8.53. The van der Waals surface area contributed by atoms with Crippen LogP contribution in [0.1, 0.15) is 47.5 Å². The molecule has 2 aliphatic rings. The molecule has 6 nitrogen and oxygen atoms in total. The van der Waals surface area contributed by atoms with E-state index in [4.69, 9.17) is 9.26 Å². The number of hydrogen-bond acceptors (Lipinski definition) is 5. The van der Waals surface area contributed by atoms with Gasteiger partial charge in [0.25, 0.3) is 5.91 Å². The van der Waals surface area contributed by atoms with Crippen molar-refractivity contribution in [3.63, 3.8) is 0 Å². The third-order valence-electron chi connectivity index (χ3n) is 6.12. The largest absolute Gasteiger partial charge is 0.487 e. The van der Waals surface area contributed by atoms with Crippen molar-refractivity contribution >= 4 is 5.91 Å². The predicted molar refractivity (Wildman–Crippen MR) is 107 cm³/mol. The average Bonchev–Trinajstić information content (AvgIpc) is 3.08. The number of hydrogen-bond donors (Lipinski definition) is 0. The van der Waals surface area contributed by atoms with Gasteiger partial charge in [-0.2, -0.15) is 0 Å². The van der Waals surface area contributed by atoms with Crippen LogP contribution in [0.2, 0.25) is 0 Å². The molecule has 0 atom stereocenters. The van der Waals surface area contributed by atoms with Gasteiger partial charge in [-0.05, 0) is 51.7 Å². The van der Waals surface area contributed by atoms with Gasteiger partial charge in [0.2, 0.25) is 0 Å². The Bertz CT molecular complexity index is 833. The van der Waals surface area contributed by atoms with E-state index in [0.717, 1.165) is 51.9 Å². The Balaban J connectivity index is 1.26. The Kier molecular flexibility index (Phi) is 5.85. The van der Waals surface area contributed by atoms with Gasteiger partial charge in [-0.25, -0.2) is 4.39 Å². The molecule has 4 rings (SSSR count). The van der Waals surface area contributed by atoms with Gasteiger partial charge in [-0.15, -0.1) is 0 Å². The van der Waals surface area contributed by atoms with Gasteiger partial charge in [0.15, 0.2) is 11.6 Å². The molecule has 1 amide bonds. The minimum atomic E-state index is -0.301. The summed E-state index contributed by atoms with van der Waals surface area (Å²) >= 11 is 0. The van der Waals surface area contributed by atoms with Crippen LogP contribution in [0.15, 0.2) is 28.8 Å². The predicted octanol–water partition coefficient (Wildman–Crippen LogP) is 3.58. The van der Waals surface area contributed by atoms with E-state index in [-0.39, 0.29) is 17.8 Å². The first-order valence-electron chi connectivity index (χ1n) is 10.4. The molecule has 29 heavy (non-hydrogen) atoms. The highest BCUT2D eigenvalue weighted by Gasteiger charge is 2.32. The first-order valence-corrected chi connectivity index (χ1v) is 10.4. The minimum absolute atomic E-state index is 0.0247. The number of carbonyl (C=O) groups excluding carboxylic acids is 1. The van der Waals surface area contributed by atoms with Crippen molar-refractivity contribution in [1.29, 1.82) is 0 Å². The number of rotatable bonds is 4. The Hall–Kier alpha value is -2.41. The lowest BCUT2D eigenvalue weighted by Crippen LogP contribution is -2.50. The number of carbonyl (C=O) groups is 1. The number of para-hydroxylation sites is 1. The van der Waals surface area contributed by atoms with E-state index in [9.17, 15) is 9.18 Å². The number of nitrogens with zero attached hydrogens (tertiary/aromatic N) is 3. The summed E-state index contributed by atoms with van der Waals surface area (Å²) in [6.07, 6.45) is 3.78. The van der Waals surface area contributed by atoms with Crippen LogP contribution >= 0.6 is 0 Å². The maximum Gasteiger partial charge on any atom is 0.259 e. The van der Waals surface area contributed by atoms with Gasteiger partial charge >= 0.3 is 0 Å². The second-order valence-corrected chi connectivity index (χ2v) is 8.01. The van der Waals surface area contributed by atoms with Crippen LogP contribution in [-0.4, -0.2) is 59.2 Å². The van der Waals surface area contributed by atoms with Crippen molar-refractivity contribution in [3.05, 3.63) is 47.1 Å². The molecule has 0 saturated carbocycles. The molecule has 2 aliphatic heterocycles. The Morgan fingerprint density at radius 3 is 2.41 bits per heavy atom. The summed E-state index contributed by atoms with van der Waals surface area (Å²) < 4.78 is 24.8. The molecule has 2 fully saturated rings. The van der Waals surface area contributed by atoms with Crippen LogP contribution < -0.4 is 4.74 Å². The summed E-state index contributed by atoms with van der Waals surface area (Å²) in [6, 6.07) is 7.08. The van der Waals surface area contributed by atoms with E-state index in [0.29, 0.717) is 28.8 Å². The molecule has 0 radical (unpaired) electrons. The molecule has 0 bridgehead atoms. The first kappa shape index (κ1) is 19.9. The van der Waals surface area contributed by atoms with Crippen molar-refractivity contribution in [2.75, 3.05) is 26.2 Å². The van der Waals surface area contributed by atoms with E-state index < -0.39 is 0 Å². The number of ether oxygens (including phenoxy) is 1. The fourth-order valence-electron chi connectivity index (χ4n) is 4.46. The fraction of sp³-hybridized carbons (Fsp3) is 0.545. The number of aryl methyl sites for hydroxylation is 2. The molecule has 0 aliphatic carbocycles. The molecule has 1 aromatic carbocycles. The monoisotopic (exact) mass is 401 g/mol. The van der Waals surface area contributed by atoms with Crippen molar-refractivity contribution in [1.82, 2.24) is 15.0 Å². The molecule has 156 valence electrons. The maximum absolute atomic E-state index is 13.8. The van der Waals surface area contributed by atoms with Crippen molar-refractivity contribution in [2.24, 2.45) is 0 Å². The molecule has 0 N–H and O–H groups in total. The zero-order valence-electron chi connectivity index (χ0n) is 17.1. The van der Waals surface area contributed by atoms with Gasteiger partial charge in [0.05, 0.1) is 5.69 Å². The molecule has 3 heterocycles. The maximum atomic E-state index is 13.8. The van der Waals surface area contributed by atoms with Crippen molar-refractivity contribution in [2.45, 2.75) is 51.7 Å². The van der Waals surface area contributed by atoms with E-state index in [1.165, 1.54) is 6.07 Å². The van der Waals surface area contributed by atoms with E-state index >= 15 is 0 Å². The van der Waals surface area contributed by atoms with Crippen LogP contribution in [0.25, 0.3) is 0 Å². The van der Waals surface area contributed by atoms with E-state index in [1.807, 2.05) is 11.8 Å². The average molecular weight is 401 g/mol. The van der Waals surface area contributed by atoms with Crippen molar-refractivity contribution in [3.8, 4) is 5.75 Å².